The van der Waals surface area contributed by atoms with Crippen molar-refractivity contribution in [1.82, 2.24) is 10.6 Å². The summed E-state index contributed by atoms with van der Waals surface area (Å²) < 4.78 is 23.0. The van der Waals surface area contributed by atoms with Crippen molar-refractivity contribution in [3.63, 3.8) is 0 Å². The highest BCUT2D eigenvalue weighted by Gasteiger charge is 2.28. The van der Waals surface area contributed by atoms with Crippen LogP contribution in [-0.4, -0.2) is 49.5 Å². The van der Waals surface area contributed by atoms with Gasteiger partial charge in [0.05, 0.1) is 11.5 Å². The predicted molar refractivity (Wildman–Crippen MR) is 77.9 cm³/mol. The van der Waals surface area contributed by atoms with Gasteiger partial charge in [0.25, 0.3) is 0 Å². The summed E-state index contributed by atoms with van der Waals surface area (Å²) in [6.45, 7) is 0.313. The predicted octanol–water partition coefficient (Wildman–Crippen LogP) is -0.233. The molecule has 116 valence electrons. The van der Waals surface area contributed by atoms with E-state index in [9.17, 15) is 18.0 Å². The quantitative estimate of drug-likeness (QED) is 0.686. The zero-order chi connectivity index (χ0) is 15.5. The third-order valence-corrected chi connectivity index (χ3v) is 5.79. The molecule has 0 aromatic carbocycles. The second-order valence-corrected chi connectivity index (χ2v) is 8.03. The third-order valence-electron chi connectivity index (χ3n) is 3.11. The minimum atomic E-state index is -3.12. The fraction of sp³-hybridized carbons (Fsp3) is 0.500. The smallest absolute Gasteiger partial charge is 0.331 e. The van der Waals surface area contributed by atoms with E-state index in [0.29, 0.717) is 11.4 Å². The third kappa shape index (κ3) is 4.51. The lowest BCUT2D eigenvalue weighted by Crippen LogP contribution is -2.47. The molecule has 0 spiro atoms. The summed E-state index contributed by atoms with van der Waals surface area (Å²) in [5.41, 5.74) is 0. The van der Waals surface area contributed by atoms with Gasteiger partial charge in [-0.25, -0.2) is 13.2 Å². The van der Waals surface area contributed by atoms with Crippen LogP contribution in [-0.2, 0) is 19.4 Å². The van der Waals surface area contributed by atoms with Crippen LogP contribution in [0.5, 0.6) is 0 Å². The van der Waals surface area contributed by atoms with Gasteiger partial charge in [-0.3, -0.25) is 4.79 Å². The van der Waals surface area contributed by atoms with Crippen molar-refractivity contribution in [2.24, 2.45) is 0 Å². The molecule has 21 heavy (non-hydrogen) atoms. The number of carbonyl (C=O) groups excluding carboxylic acids is 1. The Hall–Kier alpha value is -1.45. The molecule has 2 heterocycles. The standard InChI is InChI=1S/C12H16N2O5S2/c15-10(6-8-7-21(18,19)5-3-13-8)14-11(12(16)17)9-2-1-4-20-9/h1-2,4,8,11,13H,3,5-7H2,(H,14,15)(H,16,17). The summed E-state index contributed by atoms with van der Waals surface area (Å²) in [7, 11) is -3.12. The number of nitrogens with one attached hydrogen (secondary N) is 2. The number of sulfone groups is 1. The molecule has 2 unspecified atom stereocenters. The van der Waals surface area contributed by atoms with E-state index < -0.39 is 33.8 Å². The van der Waals surface area contributed by atoms with Crippen LogP contribution < -0.4 is 10.6 Å². The Balaban J connectivity index is 1.95. The zero-order valence-corrected chi connectivity index (χ0v) is 12.7. The van der Waals surface area contributed by atoms with Crippen molar-refractivity contribution < 1.29 is 23.1 Å². The number of carbonyl (C=O) groups is 2. The zero-order valence-electron chi connectivity index (χ0n) is 11.1. The topological polar surface area (TPSA) is 113 Å². The molecule has 0 aliphatic carbocycles. The Morgan fingerprint density at radius 2 is 2.29 bits per heavy atom. The average Bonchev–Trinajstić information content (AvgIpc) is 2.87. The molecule has 1 aromatic rings. The van der Waals surface area contributed by atoms with Crippen molar-refractivity contribution >= 4 is 33.1 Å². The minimum Gasteiger partial charge on any atom is -0.479 e. The lowest BCUT2D eigenvalue weighted by atomic mass is 10.2. The van der Waals surface area contributed by atoms with E-state index in [-0.39, 0.29) is 17.9 Å². The average molecular weight is 332 g/mol. The normalized spacial score (nSPS) is 22.4. The van der Waals surface area contributed by atoms with Crippen LogP contribution in [0.25, 0.3) is 0 Å². The van der Waals surface area contributed by atoms with Crippen molar-refractivity contribution in [2.75, 3.05) is 18.1 Å². The molecule has 1 aliphatic rings. The highest BCUT2D eigenvalue weighted by molar-refractivity contribution is 7.91. The fourth-order valence-corrected chi connectivity index (χ4v) is 4.36. The van der Waals surface area contributed by atoms with Gasteiger partial charge in [-0.1, -0.05) is 6.07 Å². The van der Waals surface area contributed by atoms with E-state index in [4.69, 9.17) is 5.11 Å². The van der Waals surface area contributed by atoms with Crippen LogP contribution in [0.15, 0.2) is 17.5 Å². The van der Waals surface area contributed by atoms with Crippen molar-refractivity contribution in [1.29, 1.82) is 0 Å². The fourth-order valence-electron chi connectivity index (χ4n) is 2.15. The molecule has 0 radical (unpaired) electrons. The molecule has 2 rings (SSSR count). The molecule has 7 nitrogen and oxygen atoms in total. The number of carboxylic acid groups (broad SMARTS) is 1. The summed E-state index contributed by atoms with van der Waals surface area (Å²) in [4.78, 5) is 23.7. The summed E-state index contributed by atoms with van der Waals surface area (Å²) in [5.74, 6) is -1.66. The van der Waals surface area contributed by atoms with Gasteiger partial charge in [0.1, 0.15) is 0 Å². The first-order valence-corrected chi connectivity index (χ1v) is 9.07. The molecule has 1 aliphatic heterocycles. The molecule has 0 saturated carbocycles. The lowest BCUT2D eigenvalue weighted by molar-refractivity contribution is -0.142. The van der Waals surface area contributed by atoms with Gasteiger partial charge in [0.15, 0.2) is 15.9 Å². The minimum absolute atomic E-state index is 0.0611. The van der Waals surface area contributed by atoms with Gasteiger partial charge >= 0.3 is 5.97 Å². The van der Waals surface area contributed by atoms with Crippen LogP contribution in [0.4, 0.5) is 0 Å². The Morgan fingerprint density at radius 1 is 1.52 bits per heavy atom. The lowest BCUT2D eigenvalue weighted by Gasteiger charge is -2.23. The van der Waals surface area contributed by atoms with Gasteiger partial charge in [0, 0.05) is 23.9 Å². The molecule has 1 amide bonds. The molecule has 9 heteroatoms. The maximum Gasteiger partial charge on any atom is 0.331 e. The highest BCUT2D eigenvalue weighted by atomic mass is 32.2. The second kappa shape index (κ2) is 6.54. The largest absolute Gasteiger partial charge is 0.479 e. The van der Waals surface area contributed by atoms with E-state index in [1.54, 1.807) is 17.5 Å². The van der Waals surface area contributed by atoms with Gasteiger partial charge in [0.2, 0.25) is 5.91 Å². The first-order valence-electron chi connectivity index (χ1n) is 6.37. The molecule has 1 aromatic heterocycles. The Bertz CT molecular complexity index is 612. The molecular weight excluding hydrogens is 316 g/mol. The summed E-state index contributed by atoms with van der Waals surface area (Å²) in [6.07, 6.45) is -0.0611. The Labute approximate surface area is 126 Å². The number of thiophene rings is 1. The van der Waals surface area contributed by atoms with Gasteiger partial charge < -0.3 is 15.7 Å². The Morgan fingerprint density at radius 3 is 2.86 bits per heavy atom. The van der Waals surface area contributed by atoms with E-state index in [0.717, 1.165) is 0 Å². The first kappa shape index (κ1) is 15.9. The van der Waals surface area contributed by atoms with Crippen LogP contribution in [0, 0.1) is 0 Å². The summed E-state index contributed by atoms with van der Waals surface area (Å²) in [5, 5.41) is 16.3. The molecule has 0 bridgehead atoms. The molecule has 2 atom stereocenters. The molecule has 1 saturated heterocycles. The second-order valence-electron chi connectivity index (χ2n) is 4.82. The van der Waals surface area contributed by atoms with E-state index in [1.165, 1.54) is 11.3 Å². The number of amides is 1. The van der Waals surface area contributed by atoms with E-state index in [1.807, 2.05) is 0 Å². The maximum atomic E-state index is 11.9. The molecular formula is C12H16N2O5S2. The van der Waals surface area contributed by atoms with Crippen molar-refractivity contribution in [3.05, 3.63) is 22.4 Å². The molecule has 3 N–H and O–H groups in total. The van der Waals surface area contributed by atoms with E-state index in [2.05, 4.69) is 10.6 Å². The SMILES string of the molecule is O=C(CC1CS(=O)(=O)CCN1)NC(C(=O)O)c1cccs1. The van der Waals surface area contributed by atoms with Gasteiger partial charge in [-0.2, -0.15) is 0 Å². The number of hydrogen-bond acceptors (Lipinski definition) is 6. The number of rotatable bonds is 5. The van der Waals surface area contributed by atoms with Crippen LogP contribution in [0.1, 0.15) is 17.3 Å². The monoisotopic (exact) mass is 332 g/mol. The Kier molecular flexibility index (Phi) is 4.96. The van der Waals surface area contributed by atoms with Gasteiger partial charge in [-0.05, 0) is 11.4 Å². The highest BCUT2D eigenvalue weighted by Crippen LogP contribution is 2.19. The number of hydrogen-bond donors (Lipinski definition) is 3. The van der Waals surface area contributed by atoms with Gasteiger partial charge in [-0.15, -0.1) is 11.3 Å². The van der Waals surface area contributed by atoms with Crippen LogP contribution in [0.2, 0.25) is 0 Å². The molecule has 1 fully saturated rings. The maximum absolute atomic E-state index is 11.9. The summed E-state index contributed by atoms with van der Waals surface area (Å²) >= 11 is 1.24. The van der Waals surface area contributed by atoms with E-state index >= 15 is 0 Å². The van der Waals surface area contributed by atoms with Crippen molar-refractivity contribution in [3.8, 4) is 0 Å². The number of aliphatic carboxylic acids is 1. The van der Waals surface area contributed by atoms with Crippen LogP contribution in [0.3, 0.4) is 0 Å². The van der Waals surface area contributed by atoms with Crippen molar-refractivity contribution in [2.45, 2.75) is 18.5 Å². The first-order chi connectivity index (χ1) is 9.87. The van der Waals surface area contributed by atoms with Crippen LogP contribution >= 0.6 is 11.3 Å². The number of carboxylic acids is 1. The summed E-state index contributed by atoms with van der Waals surface area (Å²) in [6, 6.07) is 1.77.